The second kappa shape index (κ2) is 8.64. The number of carbonyl (C=O) groups is 2. The molecule has 1 atom stereocenters. The largest absolute Gasteiger partial charge is 0.496 e. The SMILES string of the molecule is COc1ccccc1-c1csc(NC(=O)C(C)NC(=O)c2ccc(Br)s2)n1. The number of carbonyl (C=O) groups excluding carboxylic acids is 2. The van der Waals surface area contributed by atoms with E-state index in [0.29, 0.717) is 21.5 Å². The molecule has 2 aromatic heterocycles. The highest BCUT2D eigenvalue weighted by molar-refractivity contribution is 9.11. The highest BCUT2D eigenvalue weighted by Gasteiger charge is 2.19. The summed E-state index contributed by atoms with van der Waals surface area (Å²) in [6, 6.07) is 10.3. The average Bonchev–Trinajstić information content (AvgIpc) is 3.30. The normalized spacial score (nSPS) is 11.7. The summed E-state index contributed by atoms with van der Waals surface area (Å²) in [6.07, 6.45) is 0. The van der Waals surface area contributed by atoms with Crippen LogP contribution >= 0.6 is 38.6 Å². The molecule has 0 bridgehead atoms. The van der Waals surface area contributed by atoms with Crippen LogP contribution in [-0.2, 0) is 4.79 Å². The molecule has 2 N–H and O–H groups in total. The molecule has 0 saturated carbocycles. The number of amides is 2. The molecule has 27 heavy (non-hydrogen) atoms. The van der Waals surface area contributed by atoms with Crippen molar-refractivity contribution in [2.24, 2.45) is 0 Å². The number of benzene rings is 1. The van der Waals surface area contributed by atoms with E-state index in [4.69, 9.17) is 4.74 Å². The molecular weight excluding hydrogens is 450 g/mol. The van der Waals surface area contributed by atoms with Crippen LogP contribution in [0.4, 0.5) is 5.13 Å². The Morgan fingerprint density at radius 1 is 1.22 bits per heavy atom. The second-order valence-electron chi connectivity index (χ2n) is 5.53. The molecule has 0 aliphatic rings. The van der Waals surface area contributed by atoms with Crippen LogP contribution in [0.3, 0.4) is 0 Å². The summed E-state index contributed by atoms with van der Waals surface area (Å²) in [6.45, 7) is 1.63. The van der Waals surface area contributed by atoms with E-state index in [0.717, 1.165) is 9.35 Å². The number of methoxy groups -OCH3 is 1. The molecule has 3 rings (SSSR count). The second-order valence-corrected chi connectivity index (χ2v) is 8.85. The Balaban J connectivity index is 1.64. The first-order valence-corrected chi connectivity index (χ1v) is 10.4. The van der Waals surface area contributed by atoms with Gasteiger partial charge in [-0.3, -0.25) is 9.59 Å². The van der Waals surface area contributed by atoms with Crippen LogP contribution < -0.4 is 15.4 Å². The van der Waals surface area contributed by atoms with Gasteiger partial charge in [0.15, 0.2) is 5.13 Å². The van der Waals surface area contributed by atoms with E-state index in [2.05, 4.69) is 31.5 Å². The van der Waals surface area contributed by atoms with Crippen molar-refractivity contribution >= 4 is 55.5 Å². The van der Waals surface area contributed by atoms with Gasteiger partial charge in [0.1, 0.15) is 11.8 Å². The molecule has 1 aromatic carbocycles. The van der Waals surface area contributed by atoms with Crippen molar-refractivity contribution in [1.29, 1.82) is 0 Å². The van der Waals surface area contributed by atoms with Crippen LogP contribution in [0, 0.1) is 0 Å². The van der Waals surface area contributed by atoms with Gasteiger partial charge in [0.05, 0.1) is 21.5 Å². The van der Waals surface area contributed by atoms with Gasteiger partial charge >= 0.3 is 0 Å². The summed E-state index contributed by atoms with van der Waals surface area (Å²) in [4.78, 5) is 29.5. The van der Waals surface area contributed by atoms with Crippen molar-refractivity contribution < 1.29 is 14.3 Å². The van der Waals surface area contributed by atoms with Gasteiger partial charge in [0.25, 0.3) is 5.91 Å². The van der Waals surface area contributed by atoms with E-state index in [1.807, 2.05) is 29.6 Å². The fraction of sp³-hybridized carbons (Fsp3) is 0.167. The molecule has 9 heteroatoms. The summed E-state index contributed by atoms with van der Waals surface area (Å²) in [5.41, 5.74) is 1.56. The lowest BCUT2D eigenvalue weighted by Gasteiger charge is -2.12. The van der Waals surface area contributed by atoms with Crippen molar-refractivity contribution in [3.63, 3.8) is 0 Å². The maximum Gasteiger partial charge on any atom is 0.262 e. The molecule has 0 fully saturated rings. The number of anilines is 1. The monoisotopic (exact) mass is 465 g/mol. The summed E-state index contributed by atoms with van der Waals surface area (Å²) in [7, 11) is 1.60. The van der Waals surface area contributed by atoms with Gasteiger partial charge in [0, 0.05) is 10.9 Å². The molecule has 6 nitrogen and oxygen atoms in total. The lowest BCUT2D eigenvalue weighted by Crippen LogP contribution is -2.41. The van der Waals surface area contributed by atoms with E-state index in [1.54, 1.807) is 26.2 Å². The standard InChI is InChI=1S/C18H16BrN3O3S2/c1-10(20-17(24)14-7-8-15(19)27-14)16(23)22-18-21-12(9-26-18)11-5-3-4-6-13(11)25-2/h3-10H,1-2H3,(H,20,24)(H,21,22,23). The van der Waals surface area contributed by atoms with Crippen molar-refractivity contribution in [1.82, 2.24) is 10.3 Å². The summed E-state index contributed by atoms with van der Waals surface area (Å²) < 4.78 is 6.20. The van der Waals surface area contributed by atoms with Gasteiger partial charge < -0.3 is 15.4 Å². The van der Waals surface area contributed by atoms with E-state index < -0.39 is 6.04 Å². The molecular formula is C18H16BrN3O3S2. The Bertz CT molecular complexity index is 970. The van der Waals surface area contributed by atoms with Crippen LogP contribution in [-0.4, -0.2) is 29.9 Å². The number of nitrogens with zero attached hydrogens (tertiary/aromatic N) is 1. The first-order valence-electron chi connectivity index (χ1n) is 7.94. The molecule has 0 aliphatic carbocycles. The maximum atomic E-state index is 12.4. The van der Waals surface area contributed by atoms with Gasteiger partial charge in [-0.2, -0.15) is 0 Å². The quantitative estimate of drug-likeness (QED) is 0.565. The van der Waals surface area contributed by atoms with Crippen LogP contribution in [0.5, 0.6) is 5.75 Å². The zero-order valence-electron chi connectivity index (χ0n) is 14.5. The maximum absolute atomic E-state index is 12.4. The number of thiazole rings is 1. The number of thiophene rings is 1. The predicted molar refractivity (Wildman–Crippen MR) is 112 cm³/mol. The van der Waals surface area contributed by atoms with Crippen LogP contribution in [0.2, 0.25) is 0 Å². The molecule has 140 valence electrons. The van der Waals surface area contributed by atoms with Crippen LogP contribution in [0.25, 0.3) is 11.3 Å². The fourth-order valence-electron chi connectivity index (χ4n) is 2.29. The molecule has 0 saturated heterocycles. The molecule has 2 heterocycles. The summed E-state index contributed by atoms with van der Waals surface area (Å²) in [5, 5.41) is 7.73. The van der Waals surface area contributed by atoms with Gasteiger partial charge in [0.2, 0.25) is 5.91 Å². The summed E-state index contributed by atoms with van der Waals surface area (Å²) in [5.74, 6) is 0.0884. The highest BCUT2D eigenvalue weighted by atomic mass is 79.9. The molecule has 0 radical (unpaired) electrons. The average molecular weight is 466 g/mol. The third kappa shape index (κ3) is 4.74. The van der Waals surface area contributed by atoms with E-state index >= 15 is 0 Å². The minimum absolute atomic E-state index is 0.290. The zero-order valence-corrected chi connectivity index (χ0v) is 17.7. The van der Waals surface area contributed by atoms with Gasteiger partial charge in [-0.15, -0.1) is 22.7 Å². The van der Waals surface area contributed by atoms with Gasteiger partial charge in [-0.25, -0.2) is 4.98 Å². The Labute approximate surface area is 172 Å². The third-order valence-electron chi connectivity index (χ3n) is 3.66. The van der Waals surface area contributed by atoms with Crippen molar-refractivity contribution in [2.45, 2.75) is 13.0 Å². The Kier molecular flexibility index (Phi) is 6.25. The number of ether oxygens (including phenoxy) is 1. The minimum Gasteiger partial charge on any atom is -0.496 e. The smallest absolute Gasteiger partial charge is 0.262 e. The molecule has 0 spiro atoms. The van der Waals surface area contributed by atoms with Gasteiger partial charge in [-0.05, 0) is 47.1 Å². The Morgan fingerprint density at radius 2 is 2.00 bits per heavy atom. The van der Waals surface area contributed by atoms with Crippen LogP contribution in [0.15, 0.2) is 45.6 Å². The van der Waals surface area contributed by atoms with Crippen LogP contribution in [0.1, 0.15) is 16.6 Å². The number of halogens is 1. The number of aromatic nitrogens is 1. The molecule has 3 aromatic rings. The summed E-state index contributed by atoms with van der Waals surface area (Å²) >= 11 is 5.94. The number of hydrogen-bond acceptors (Lipinski definition) is 6. The lowest BCUT2D eigenvalue weighted by atomic mass is 10.1. The third-order valence-corrected chi connectivity index (χ3v) is 6.04. The number of nitrogens with one attached hydrogen (secondary N) is 2. The topological polar surface area (TPSA) is 80.3 Å². The highest BCUT2D eigenvalue weighted by Crippen LogP contribution is 2.31. The minimum atomic E-state index is -0.697. The first-order chi connectivity index (χ1) is 13.0. The molecule has 1 unspecified atom stereocenters. The van der Waals surface area contributed by atoms with E-state index in [1.165, 1.54) is 22.7 Å². The number of para-hydroxylation sites is 1. The van der Waals surface area contributed by atoms with E-state index in [9.17, 15) is 9.59 Å². The first kappa shape index (κ1) is 19.5. The molecule has 0 aliphatic heterocycles. The predicted octanol–water partition coefficient (Wildman–Crippen LogP) is 4.40. The van der Waals surface area contributed by atoms with Gasteiger partial charge in [-0.1, -0.05) is 12.1 Å². The van der Waals surface area contributed by atoms with Crippen molar-refractivity contribution in [3.8, 4) is 17.0 Å². The van der Waals surface area contributed by atoms with Crippen molar-refractivity contribution in [2.75, 3.05) is 12.4 Å². The van der Waals surface area contributed by atoms with E-state index in [-0.39, 0.29) is 11.8 Å². The fourth-order valence-corrected chi connectivity index (χ4v) is 4.30. The zero-order chi connectivity index (χ0) is 19.4. The van der Waals surface area contributed by atoms with Crippen molar-refractivity contribution in [3.05, 3.63) is 50.4 Å². The Hall–Kier alpha value is -2.23. The number of hydrogen-bond donors (Lipinski definition) is 2. The number of rotatable bonds is 6. The molecule has 2 amide bonds. The Morgan fingerprint density at radius 3 is 2.70 bits per heavy atom. The lowest BCUT2D eigenvalue weighted by molar-refractivity contribution is -0.117.